The summed E-state index contributed by atoms with van der Waals surface area (Å²) >= 11 is 1.51. The maximum absolute atomic E-state index is 13.4. The topological polar surface area (TPSA) is 70.7 Å². The molecule has 0 fully saturated rings. The molecule has 0 aliphatic carbocycles. The van der Waals surface area contributed by atoms with E-state index in [0.717, 1.165) is 35.4 Å². The Morgan fingerprint density at radius 1 is 1.20 bits per heavy atom. The number of nitrogens with one attached hydrogen (secondary N) is 1. The van der Waals surface area contributed by atoms with Crippen molar-refractivity contribution in [2.75, 3.05) is 38.2 Å². The van der Waals surface area contributed by atoms with E-state index in [0.29, 0.717) is 28.6 Å². The van der Waals surface area contributed by atoms with Crippen molar-refractivity contribution in [1.29, 1.82) is 5.26 Å². The molecule has 0 saturated carbocycles. The number of hydrogen-bond donors (Lipinski definition) is 1. The molecular weight excluding hydrogens is 396 g/mol. The molecule has 0 spiro atoms. The lowest BCUT2D eigenvalue weighted by atomic mass is 10.1. The minimum atomic E-state index is -0.110. The fourth-order valence-corrected chi connectivity index (χ4v) is 4.46. The van der Waals surface area contributed by atoms with Gasteiger partial charge in [0.2, 0.25) is 0 Å². The number of likely N-dealkylation sites (N-methyl/N-ethyl adjacent to an activating group) is 1. The number of fused-ring (bicyclic) bond motifs is 1. The molecule has 0 atom stereocenters. The highest BCUT2D eigenvalue weighted by molar-refractivity contribution is 7.22. The van der Waals surface area contributed by atoms with E-state index < -0.39 is 0 Å². The molecule has 156 valence electrons. The molecule has 0 radical (unpaired) electrons. The largest absolute Gasteiger partial charge is 0.494 e. The van der Waals surface area contributed by atoms with E-state index in [4.69, 9.17) is 15.0 Å². The third-order valence-electron chi connectivity index (χ3n) is 5.34. The van der Waals surface area contributed by atoms with Crippen LogP contribution >= 0.6 is 11.3 Å². The van der Waals surface area contributed by atoms with Crippen molar-refractivity contribution < 1.29 is 14.4 Å². The molecule has 0 aliphatic rings. The van der Waals surface area contributed by atoms with Gasteiger partial charge in [-0.1, -0.05) is 17.4 Å². The number of hydrogen-bond acceptors (Lipinski definition) is 5. The van der Waals surface area contributed by atoms with E-state index in [1.165, 1.54) is 16.2 Å². The predicted molar refractivity (Wildman–Crippen MR) is 121 cm³/mol. The van der Waals surface area contributed by atoms with E-state index in [-0.39, 0.29) is 5.91 Å². The Morgan fingerprint density at radius 2 is 1.90 bits per heavy atom. The first-order valence-corrected chi connectivity index (χ1v) is 10.9. The summed E-state index contributed by atoms with van der Waals surface area (Å²) in [6.07, 6.45) is 0. The first kappa shape index (κ1) is 21.8. The quantitative estimate of drug-likeness (QED) is 0.605. The zero-order valence-electron chi connectivity index (χ0n) is 17.9. The summed E-state index contributed by atoms with van der Waals surface area (Å²) in [5.41, 5.74) is 2.97. The van der Waals surface area contributed by atoms with Gasteiger partial charge >= 0.3 is 0 Å². The number of aryl methyl sites for hydroxylation is 1. The van der Waals surface area contributed by atoms with E-state index in [1.807, 2.05) is 19.1 Å². The summed E-state index contributed by atoms with van der Waals surface area (Å²) in [6, 6.07) is 12.8. The molecule has 0 unspecified atom stereocenters. The van der Waals surface area contributed by atoms with Gasteiger partial charge in [-0.05, 0) is 56.7 Å². The Bertz CT molecular complexity index is 1070. The number of carbonyl (C=O) groups excluding carboxylic acids is 1. The van der Waals surface area contributed by atoms with Gasteiger partial charge in [0, 0.05) is 5.56 Å². The van der Waals surface area contributed by atoms with E-state index in [2.05, 4.69) is 19.9 Å². The summed E-state index contributed by atoms with van der Waals surface area (Å²) in [6.45, 7) is 9.74. The molecule has 7 heteroatoms. The van der Waals surface area contributed by atoms with E-state index in [1.54, 1.807) is 36.3 Å². The van der Waals surface area contributed by atoms with Crippen LogP contribution in [0.3, 0.4) is 0 Å². The molecule has 1 aromatic heterocycles. The number of benzene rings is 2. The fraction of sp³-hybridized carbons (Fsp3) is 0.348. The number of nitrogens with zero attached hydrogens (tertiary/aromatic N) is 3. The second kappa shape index (κ2) is 9.70. The third kappa shape index (κ3) is 4.45. The van der Waals surface area contributed by atoms with Gasteiger partial charge in [0.25, 0.3) is 5.91 Å². The summed E-state index contributed by atoms with van der Waals surface area (Å²) in [5, 5.41) is 9.71. The van der Waals surface area contributed by atoms with Crippen molar-refractivity contribution in [2.45, 2.75) is 20.8 Å². The number of nitriles is 1. The van der Waals surface area contributed by atoms with Gasteiger partial charge in [-0.3, -0.25) is 9.69 Å². The van der Waals surface area contributed by atoms with Crippen LogP contribution in [-0.4, -0.2) is 44.2 Å². The van der Waals surface area contributed by atoms with Gasteiger partial charge in [-0.25, -0.2) is 4.98 Å². The molecule has 6 nitrogen and oxygen atoms in total. The van der Waals surface area contributed by atoms with Gasteiger partial charge in [0.15, 0.2) is 5.13 Å². The zero-order valence-corrected chi connectivity index (χ0v) is 18.7. The van der Waals surface area contributed by atoms with Gasteiger partial charge in [-0.2, -0.15) is 5.26 Å². The maximum atomic E-state index is 13.4. The van der Waals surface area contributed by atoms with Crippen molar-refractivity contribution in [3.63, 3.8) is 0 Å². The van der Waals surface area contributed by atoms with Crippen LogP contribution in [0.15, 0.2) is 36.4 Å². The summed E-state index contributed by atoms with van der Waals surface area (Å²) in [5.74, 6) is 0.597. The first-order valence-electron chi connectivity index (χ1n) is 10.1. The van der Waals surface area contributed by atoms with Crippen molar-refractivity contribution >= 4 is 32.6 Å². The molecular formula is C23H27N4O2S+. The average molecular weight is 424 g/mol. The minimum Gasteiger partial charge on any atom is -0.494 e. The monoisotopic (exact) mass is 423 g/mol. The first-order chi connectivity index (χ1) is 14.5. The molecule has 0 saturated heterocycles. The number of quaternary nitrogens is 1. The Morgan fingerprint density at radius 3 is 2.50 bits per heavy atom. The lowest BCUT2D eigenvalue weighted by Gasteiger charge is -2.23. The van der Waals surface area contributed by atoms with Crippen LogP contribution in [0.25, 0.3) is 10.2 Å². The van der Waals surface area contributed by atoms with Crippen LogP contribution in [0, 0.1) is 18.3 Å². The standard InChI is InChI=1S/C23H26N4O2S/c1-5-26(6-2)13-14-27(22(28)18-10-8-17(15-24)9-11-18)23-25-20-19(29-4)12-7-16(3)21(20)30-23/h7-12H,5-6,13-14H2,1-4H3/p+1. The van der Waals surface area contributed by atoms with Crippen molar-refractivity contribution in [1.82, 2.24) is 4.98 Å². The average Bonchev–Trinajstić information content (AvgIpc) is 3.23. The molecule has 0 aliphatic heterocycles. The second-order valence-corrected chi connectivity index (χ2v) is 8.09. The van der Waals surface area contributed by atoms with Gasteiger partial charge in [0.1, 0.15) is 11.3 Å². The molecule has 3 aromatic rings. The smallest absolute Gasteiger partial charge is 0.260 e. The van der Waals surface area contributed by atoms with Crippen LogP contribution < -0.4 is 14.5 Å². The summed E-state index contributed by atoms with van der Waals surface area (Å²) in [7, 11) is 1.63. The van der Waals surface area contributed by atoms with Gasteiger partial charge < -0.3 is 9.64 Å². The van der Waals surface area contributed by atoms with Gasteiger partial charge in [0.05, 0.1) is 49.6 Å². The Labute approximate surface area is 181 Å². The molecule has 3 rings (SSSR count). The number of anilines is 1. The minimum absolute atomic E-state index is 0.110. The van der Waals surface area contributed by atoms with Crippen LogP contribution in [-0.2, 0) is 0 Å². The zero-order chi connectivity index (χ0) is 21.7. The number of ether oxygens (including phenoxy) is 1. The normalized spacial score (nSPS) is 10.9. The van der Waals surface area contributed by atoms with E-state index in [9.17, 15) is 4.79 Å². The highest BCUT2D eigenvalue weighted by Gasteiger charge is 2.24. The predicted octanol–water partition coefficient (Wildman–Crippen LogP) is 3.06. The SMILES string of the molecule is CC[NH+](CC)CCN(C(=O)c1ccc(C#N)cc1)c1nc2c(OC)ccc(C)c2s1. The number of aromatic nitrogens is 1. The van der Waals surface area contributed by atoms with Crippen LogP contribution in [0.1, 0.15) is 35.3 Å². The Kier molecular flexibility index (Phi) is 7.03. The molecule has 1 heterocycles. The lowest BCUT2D eigenvalue weighted by Crippen LogP contribution is -3.12. The molecule has 30 heavy (non-hydrogen) atoms. The number of carbonyl (C=O) groups is 1. The molecule has 1 N–H and O–H groups in total. The third-order valence-corrected chi connectivity index (χ3v) is 6.55. The van der Waals surface area contributed by atoms with Crippen LogP contribution in [0.4, 0.5) is 5.13 Å². The Balaban J connectivity index is 2.02. The van der Waals surface area contributed by atoms with Crippen LogP contribution in [0.5, 0.6) is 5.75 Å². The molecule has 2 aromatic carbocycles. The van der Waals surface area contributed by atoms with Gasteiger partial charge in [-0.15, -0.1) is 0 Å². The van der Waals surface area contributed by atoms with Crippen molar-refractivity contribution in [3.8, 4) is 11.8 Å². The number of thiazole rings is 1. The van der Waals surface area contributed by atoms with Crippen molar-refractivity contribution in [2.24, 2.45) is 0 Å². The van der Waals surface area contributed by atoms with Crippen molar-refractivity contribution in [3.05, 3.63) is 53.1 Å². The van der Waals surface area contributed by atoms with E-state index >= 15 is 0 Å². The second-order valence-electron chi connectivity index (χ2n) is 7.11. The van der Waals surface area contributed by atoms with Crippen LogP contribution in [0.2, 0.25) is 0 Å². The lowest BCUT2D eigenvalue weighted by molar-refractivity contribution is -0.894. The number of amides is 1. The maximum Gasteiger partial charge on any atom is 0.260 e. The summed E-state index contributed by atoms with van der Waals surface area (Å²) < 4.78 is 6.51. The molecule has 0 bridgehead atoms. The highest BCUT2D eigenvalue weighted by atomic mass is 32.1. The summed E-state index contributed by atoms with van der Waals surface area (Å²) in [4.78, 5) is 21.4. The fourth-order valence-electron chi connectivity index (χ4n) is 3.38. The molecule has 1 amide bonds. The number of methoxy groups -OCH3 is 1. The Hall–Kier alpha value is -2.95. The number of rotatable bonds is 8. The highest BCUT2D eigenvalue weighted by Crippen LogP contribution is 2.36.